The van der Waals surface area contributed by atoms with Crippen molar-refractivity contribution in [1.29, 1.82) is 0 Å². The Labute approximate surface area is 162 Å². The maximum Gasteiger partial charge on any atom is 0.338 e. The molecule has 0 unspecified atom stereocenters. The number of ether oxygens (including phenoxy) is 3. The number of aromatic nitrogens is 2. The van der Waals surface area contributed by atoms with Gasteiger partial charge in [0.05, 0.1) is 31.7 Å². The van der Waals surface area contributed by atoms with Gasteiger partial charge in [0, 0.05) is 12.6 Å². The fourth-order valence-corrected chi connectivity index (χ4v) is 2.61. The lowest BCUT2D eigenvalue weighted by molar-refractivity contribution is 0.0464. The molecule has 0 saturated heterocycles. The molecule has 7 nitrogen and oxygen atoms in total. The first-order valence-corrected chi connectivity index (χ1v) is 8.54. The van der Waals surface area contributed by atoms with E-state index in [4.69, 9.17) is 14.2 Å². The molecule has 2 aromatic carbocycles. The lowest BCUT2D eigenvalue weighted by Gasteiger charge is -2.08. The van der Waals surface area contributed by atoms with Crippen LogP contribution < -0.4 is 9.47 Å². The Morgan fingerprint density at radius 2 is 1.43 bits per heavy atom. The van der Waals surface area contributed by atoms with Crippen LogP contribution in [0.3, 0.4) is 0 Å². The molecule has 1 aromatic heterocycles. The number of carbonyl (C=O) groups is 2. The maximum atomic E-state index is 12.7. The molecule has 0 radical (unpaired) electrons. The zero-order chi connectivity index (χ0) is 20.1. The molecule has 7 heteroatoms. The summed E-state index contributed by atoms with van der Waals surface area (Å²) in [6.07, 6.45) is 1.53. The zero-order valence-electron chi connectivity index (χ0n) is 15.8. The number of rotatable bonds is 7. The van der Waals surface area contributed by atoms with E-state index in [0.29, 0.717) is 28.3 Å². The zero-order valence-corrected chi connectivity index (χ0v) is 15.8. The van der Waals surface area contributed by atoms with Crippen molar-refractivity contribution in [3.05, 3.63) is 77.4 Å². The monoisotopic (exact) mass is 380 g/mol. The summed E-state index contributed by atoms with van der Waals surface area (Å²) in [4.78, 5) is 29.0. The average molecular weight is 380 g/mol. The van der Waals surface area contributed by atoms with Gasteiger partial charge in [0.15, 0.2) is 5.82 Å². The van der Waals surface area contributed by atoms with Crippen molar-refractivity contribution in [3.8, 4) is 11.5 Å². The summed E-state index contributed by atoms with van der Waals surface area (Å²) in [7, 11) is 4.83. The van der Waals surface area contributed by atoms with E-state index in [1.54, 1.807) is 74.4 Å². The molecule has 144 valence electrons. The molecule has 0 amide bonds. The minimum Gasteiger partial charge on any atom is -0.497 e. The highest BCUT2D eigenvalue weighted by Gasteiger charge is 2.18. The van der Waals surface area contributed by atoms with Crippen LogP contribution in [0.2, 0.25) is 0 Å². The highest BCUT2D eigenvalue weighted by Crippen LogP contribution is 2.16. The van der Waals surface area contributed by atoms with Crippen LogP contribution in [0.15, 0.2) is 54.7 Å². The number of esters is 1. The predicted octanol–water partition coefficient (Wildman–Crippen LogP) is 3.03. The third kappa shape index (κ3) is 4.03. The Kier molecular flexibility index (Phi) is 5.74. The molecule has 0 bridgehead atoms. The Morgan fingerprint density at radius 3 is 1.96 bits per heavy atom. The second kappa shape index (κ2) is 8.39. The van der Waals surface area contributed by atoms with Crippen molar-refractivity contribution in [2.24, 2.45) is 7.05 Å². The summed E-state index contributed by atoms with van der Waals surface area (Å²) in [6.45, 7) is 0.00422. The molecule has 3 aromatic rings. The summed E-state index contributed by atoms with van der Waals surface area (Å²) in [5.41, 5.74) is 1.52. The Balaban J connectivity index is 1.68. The minimum atomic E-state index is -0.466. The molecule has 0 saturated carbocycles. The summed E-state index contributed by atoms with van der Waals surface area (Å²) in [5, 5.41) is 0. The number of hydrogen-bond acceptors (Lipinski definition) is 6. The minimum absolute atomic E-state index is 0.00422. The van der Waals surface area contributed by atoms with Crippen molar-refractivity contribution in [1.82, 2.24) is 9.55 Å². The number of benzene rings is 2. The molecule has 0 N–H and O–H groups in total. The van der Waals surface area contributed by atoms with Gasteiger partial charge in [-0.25, -0.2) is 9.78 Å². The number of imidazole rings is 1. The fraction of sp³-hybridized carbons (Fsp3) is 0.190. The van der Waals surface area contributed by atoms with Crippen LogP contribution in [0.4, 0.5) is 0 Å². The van der Waals surface area contributed by atoms with Gasteiger partial charge in [-0.2, -0.15) is 0 Å². The van der Waals surface area contributed by atoms with Gasteiger partial charge in [0.25, 0.3) is 0 Å². The summed E-state index contributed by atoms with van der Waals surface area (Å²) in [5.74, 6) is 0.901. The van der Waals surface area contributed by atoms with E-state index in [1.807, 2.05) is 0 Å². The molecular formula is C21H20N2O5. The van der Waals surface area contributed by atoms with E-state index in [0.717, 1.165) is 0 Å². The van der Waals surface area contributed by atoms with Gasteiger partial charge in [-0.05, 0) is 48.5 Å². The Morgan fingerprint density at radius 1 is 0.893 bits per heavy atom. The normalized spacial score (nSPS) is 10.4. The smallest absolute Gasteiger partial charge is 0.338 e. The van der Waals surface area contributed by atoms with Gasteiger partial charge in [0.1, 0.15) is 18.1 Å². The van der Waals surface area contributed by atoms with E-state index >= 15 is 0 Å². The van der Waals surface area contributed by atoms with Gasteiger partial charge in [-0.15, -0.1) is 0 Å². The topological polar surface area (TPSA) is 79.7 Å². The Hall–Kier alpha value is -3.61. The molecular weight excluding hydrogens is 360 g/mol. The first-order chi connectivity index (χ1) is 13.5. The summed E-state index contributed by atoms with van der Waals surface area (Å²) < 4.78 is 17.1. The lowest BCUT2D eigenvalue weighted by Crippen LogP contribution is -2.12. The predicted molar refractivity (Wildman–Crippen MR) is 102 cm³/mol. The van der Waals surface area contributed by atoms with Crippen molar-refractivity contribution >= 4 is 11.8 Å². The van der Waals surface area contributed by atoms with E-state index < -0.39 is 5.97 Å². The standard InChI is InChI=1S/C21H20N2O5/c1-23-16(13-28-21(25)15-6-10-18(27-3)11-7-15)12-22-20(23)19(24)14-4-8-17(26-2)9-5-14/h4-12H,13H2,1-3H3. The van der Waals surface area contributed by atoms with E-state index in [2.05, 4.69) is 4.98 Å². The number of ketones is 1. The molecule has 0 spiro atoms. The van der Waals surface area contributed by atoms with E-state index in [1.165, 1.54) is 6.20 Å². The van der Waals surface area contributed by atoms with Crippen LogP contribution in [0.5, 0.6) is 11.5 Å². The van der Waals surface area contributed by atoms with Crippen LogP contribution in [-0.2, 0) is 18.4 Å². The number of carbonyl (C=O) groups excluding carboxylic acids is 2. The van der Waals surface area contributed by atoms with Crippen molar-refractivity contribution in [3.63, 3.8) is 0 Å². The van der Waals surface area contributed by atoms with Crippen LogP contribution in [0.25, 0.3) is 0 Å². The second-order valence-corrected chi connectivity index (χ2v) is 5.99. The van der Waals surface area contributed by atoms with E-state index in [-0.39, 0.29) is 18.2 Å². The van der Waals surface area contributed by atoms with Gasteiger partial charge in [-0.1, -0.05) is 0 Å². The third-order valence-corrected chi connectivity index (χ3v) is 4.32. The molecule has 0 aliphatic heterocycles. The highest BCUT2D eigenvalue weighted by atomic mass is 16.5. The van der Waals surface area contributed by atoms with Gasteiger partial charge in [-0.3, -0.25) is 4.79 Å². The molecule has 0 fully saturated rings. The SMILES string of the molecule is COc1ccc(C(=O)OCc2cnc(C(=O)c3ccc(OC)cc3)n2C)cc1. The fourth-order valence-electron chi connectivity index (χ4n) is 2.61. The number of nitrogens with zero attached hydrogens (tertiary/aromatic N) is 2. The van der Waals surface area contributed by atoms with Crippen molar-refractivity contribution in [2.45, 2.75) is 6.61 Å². The highest BCUT2D eigenvalue weighted by molar-refractivity contribution is 6.06. The third-order valence-electron chi connectivity index (χ3n) is 4.32. The number of hydrogen-bond donors (Lipinski definition) is 0. The quantitative estimate of drug-likeness (QED) is 0.463. The molecule has 0 aliphatic carbocycles. The average Bonchev–Trinajstić information content (AvgIpc) is 3.11. The first kappa shape index (κ1) is 19.2. The van der Waals surface area contributed by atoms with Gasteiger partial charge < -0.3 is 18.8 Å². The van der Waals surface area contributed by atoms with Crippen molar-refractivity contribution < 1.29 is 23.8 Å². The Bertz CT molecular complexity index is 975. The van der Waals surface area contributed by atoms with Crippen LogP contribution >= 0.6 is 0 Å². The first-order valence-electron chi connectivity index (χ1n) is 8.54. The van der Waals surface area contributed by atoms with Crippen molar-refractivity contribution in [2.75, 3.05) is 14.2 Å². The summed E-state index contributed by atoms with van der Waals surface area (Å²) in [6, 6.07) is 13.4. The molecule has 28 heavy (non-hydrogen) atoms. The van der Waals surface area contributed by atoms with Gasteiger partial charge in [0.2, 0.25) is 5.78 Å². The van der Waals surface area contributed by atoms with E-state index in [9.17, 15) is 9.59 Å². The van der Waals surface area contributed by atoms with Gasteiger partial charge >= 0.3 is 5.97 Å². The van der Waals surface area contributed by atoms with Crippen LogP contribution in [-0.4, -0.2) is 35.5 Å². The lowest BCUT2D eigenvalue weighted by atomic mass is 10.1. The van der Waals surface area contributed by atoms with Crippen LogP contribution in [0.1, 0.15) is 32.2 Å². The van der Waals surface area contributed by atoms with Crippen LogP contribution in [0, 0.1) is 0 Å². The molecule has 3 rings (SSSR count). The maximum absolute atomic E-state index is 12.7. The molecule has 1 heterocycles. The molecule has 0 atom stereocenters. The largest absolute Gasteiger partial charge is 0.497 e. The number of methoxy groups -OCH3 is 2. The molecule has 0 aliphatic rings. The summed E-state index contributed by atoms with van der Waals surface area (Å²) >= 11 is 0. The second-order valence-electron chi connectivity index (χ2n) is 5.99.